The van der Waals surface area contributed by atoms with Crippen LogP contribution in [0.25, 0.3) is 0 Å². The van der Waals surface area contributed by atoms with Gasteiger partial charge in [-0.3, -0.25) is 0 Å². The smallest absolute Gasteiger partial charge is 0.341 e. The third kappa shape index (κ3) is 2.21. The summed E-state index contributed by atoms with van der Waals surface area (Å²) in [7, 11) is 1.51. The molecule has 0 saturated carbocycles. The van der Waals surface area contributed by atoms with Crippen LogP contribution in [0.1, 0.15) is 17.3 Å². The summed E-state index contributed by atoms with van der Waals surface area (Å²) < 4.78 is 9.82. The fourth-order valence-electron chi connectivity index (χ4n) is 0.961. The van der Waals surface area contributed by atoms with E-state index in [4.69, 9.17) is 9.47 Å². The zero-order valence-electron chi connectivity index (χ0n) is 7.66. The molecule has 0 aliphatic heterocycles. The fourth-order valence-corrected chi connectivity index (χ4v) is 0.961. The van der Waals surface area contributed by atoms with Gasteiger partial charge in [0.2, 0.25) is 0 Å². The van der Waals surface area contributed by atoms with Crippen molar-refractivity contribution in [2.24, 2.45) is 0 Å². The third-order valence-corrected chi connectivity index (χ3v) is 1.54. The lowest BCUT2D eigenvalue weighted by Gasteiger charge is -2.06. The molecule has 1 rings (SSSR count). The first-order valence-electron chi connectivity index (χ1n) is 4.00. The lowest BCUT2D eigenvalue weighted by atomic mass is 10.2. The van der Waals surface area contributed by atoms with Crippen molar-refractivity contribution in [3.8, 4) is 5.75 Å². The maximum Gasteiger partial charge on any atom is 0.341 e. The molecule has 0 saturated heterocycles. The molecule has 0 heterocycles. The predicted molar refractivity (Wildman–Crippen MR) is 47.8 cm³/mol. The van der Waals surface area contributed by atoms with E-state index in [-0.39, 0.29) is 5.97 Å². The van der Waals surface area contributed by atoms with Gasteiger partial charge in [-0.15, -0.1) is 0 Å². The standard InChI is InChI=1S/C10H11O3/c1-3-13-10(11)8-6-4-5-7-9(8)12-2/h4,6-7H,3H2,1-2H3. The summed E-state index contributed by atoms with van der Waals surface area (Å²) in [6, 6.07) is 7.69. The van der Waals surface area contributed by atoms with Gasteiger partial charge in [0, 0.05) is 0 Å². The van der Waals surface area contributed by atoms with Crippen LogP contribution in [0.4, 0.5) is 0 Å². The van der Waals surface area contributed by atoms with Gasteiger partial charge in [0.05, 0.1) is 13.7 Å². The highest BCUT2D eigenvalue weighted by atomic mass is 16.5. The van der Waals surface area contributed by atoms with E-state index in [9.17, 15) is 4.79 Å². The Hall–Kier alpha value is -1.51. The van der Waals surface area contributed by atoms with Gasteiger partial charge in [0.15, 0.2) is 0 Å². The topological polar surface area (TPSA) is 35.5 Å². The van der Waals surface area contributed by atoms with Crippen LogP contribution < -0.4 is 4.74 Å². The quantitative estimate of drug-likeness (QED) is 0.662. The van der Waals surface area contributed by atoms with E-state index in [0.717, 1.165) is 0 Å². The first kappa shape index (κ1) is 9.58. The normalized spacial score (nSPS) is 9.38. The number of hydrogen-bond donors (Lipinski definition) is 0. The SMILES string of the molecule is CCOC(=O)c1cc[c]cc1OC. The van der Waals surface area contributed by atoms with Crippen LogP contribution in [0, 0.1) is 6.07 Å². The lowest BCUT2D eigenvalue weighted by Crippen LogP contribution is -2.06. The van der Waals surface area contributed by atoms with Crippen LogP contribution in [0.3, 0.4) is 0 Å². The van der Waals surface area contributed by atoms with Crippen LogP contribution in [0.2, 0.25) is 0 Å². The summed E-state index contributed by atoms with van der Waals surface area (Å²) in [6.45, 7) is 2.13. The van der Waals surface area contributed by atoms with E-state index in [1.807, 2.05) is 0 Å². The van der Waals surface area contributed by atoms with E-state index in [1.54, 1.807) is 25.1 Å². The first-order valence-corrected chi connectivity index (χ1v) is 4.00. The Bertz CT molecular complexity index is 294. The molecular formula is C10H11O3. The van der Waals surface area contributed by atoms with Crippen LogP contribution in [0.15, 0.2) is 18.2 Å². The maximum atomic E-state index is 11.3. The molecule has 0 unspecified atom stereocenters. The van der Waals surface area contributed by atoms with Crippen molar-refractivity contribution in [3.05, 3.63) is 29.8 Å². The van der Waals surface area contributed by atoms with Crippen molar-refractivity contribution in [3.63, 3.8) is 0 Å². The minimum Gasteiger partial charge on any atom is -0.496 e. The molecule has 0 atom stereocenters. The lowest BCUT2D eigenvalue weighted by molar-refractivity contribution is 0.0522. The van der Waals surface area contributed by atoms with Gasteiger partial charge in [-0.2, -0.15) is 0 Å². The Morgan fingerprint density at radius 2 is 2.38 bits per heavy atom. The molecule has 0 spiro atoms. The monoisotopic (exact) mass is 179 g/mol. The molecule has 69 valence electrons. The van der Waals surface area contributed by atoms with Gasteiger partial charge < -0.3 is 9.47 Å². The van der Waals surface area contributed by atoms with Gasteiger partial charge in [-0.05, 0) is 25.1 Å². The predicted octanol–water partition coefficient (Wildman–Crippen LogP) is 1.67. The van der Waals surface area contributed by atoms with Crippen molar-refractivity contribution < 1.29 is 14.3 Å². The van der Waals surface area contributed by atoms with Gasteiger partial charge in [-0.25, -0.2) is 4.79 Å². The zero-order chi connectivity index (χ0) is 9.68. The Kier molecular flexibility index (Phi) is 3.31. The Labute approximate surface area is 77.3 Å². The van der Waals surface area contributed by atoms with Gasteiger partial charge in [0.25, 0.3) is 0 Å². The average Bonchev–Trinajstić information content (AvgIpc) is 2.18. The third-order valence-electron chi connectivity index (χ3n) is 1.54. The van der Waals surface area contributed by atoms with Gasteiger partial charge in [0.1, 0.15) is 11.3 Å². The van der Waals surface area contributed by atoms with Crippen LogP contribution in [-0.4, -0.2) is 19.7 Å². The zero-order valence-corrected chi connectivity index (χ0v) is 7.66. The molecule has 3 heteroatoms. The van der Waals surface area contributed by atoms with E-state index in [0.29, 0.717) is 17.9 Å². The van der Waals surface area contributed by atoms with Crippen molar-refractivity contribution in [2.75, 3.05) is 13.7 Å². The highest BCUT2D eigenvalue weighted by Crippen LogP contribution is 2.17. The van der Waals surface area contributed by atoms with Gasteiger partial charge >= 0.3 is 5.97 Å². The van der Waals surface area contributed by atoms with Crippen LogP contribution in [-0.2, 0) is 4.74 Å². The number of benzene rings is 1. The maximum absolute atomic E-state index is 11.3. The number of methoxy groups -OCH3 is 1. The highest BCUT2D eigenvalue weighted by Gasteiger charge is 2.11. The van der Waals surface area contributed by atoms with Crippen LogP contribution >= 0.6 is 0 Å². The van der Waals surface area contributed by atoms with E-state index >= 15 is 0 Å². The number of ether oxygens (including phenoxy) is 2. The number of carbonyl (C=O) groups is 1. The van der Waals surface area contributed by atoms with Crippen LogP contribution in [0.5, 0.6) is 5.75 Å². The minimum atomic E-state index is -0.367. The summed E-state index contributed by atoms with van der Waals surface area (Å²) in [4.78, 5) is 11.3. The molecule has 0 fully saturated rings. The van der Waals surface area contributed by atoms with Crippen molar-refractivity contribution >= 4 is 5.97 Å². The average molecular weight is 179 g/mol. The summed E-state index contributed by atoms with van der Waals surface area (Å²) >= 11 is 0. The number of rotatable bonds is 3. The Balaban J connectivity index is 2.92. The molecule has 3 nitrogen and oxygen atoms in total. The number of hydrogen-bond acceptors (Lipinski definition) is 3. The molecule has 0 aliphatic rings. The van der Waals surface area contributed by atoms with Crippen molar-refractivity contribution in [1.29, 1.82) is 0 Å². The molecular weight excluding hydrogens is 168 g/mol. The second kappa shape index (κ2) is 4.50. The second-order valence-electron chi connectivity index (χ2n) is 2.35. The second-order valence-corrected chi connectivity index (χ2v) is 2.35. The number of carbonyl (C=O) groups excluding carboxylic acids is 1. The summed E-state index contributed by atoms with van der Waals surface area (Å²) in [5.74, 6) is 0.120. The first-order chi connectivity index (χ1) is 6.29. The van der Waals surface area contributed by atoms with Crippen molar-refractivity contribution in [2.45, 2.75) is 6.92 Å². The molecule has 1 radical (unpaired) electrons. The molecule has 1 aromatic carbocycles. The van der Waals surface area contributed by atoms with Crippen molar-refractivity contribution in [1.82, 2.24) is 0 Å². The highest BCUT2D eigenvalue weighted by molar-refractivity contribution is 5.92. The molecule has 0 N–H and O–H groups in total. The molecule has 1 aromatic rings. The van der Waals surface area contributed by atoms with E-state index in [1.165, 1.54) is 7.11 Å². The largest absolute Gasteiger partial charge is 0.496 e. The number of esters is 1. The Morgan fingerprint density at radius 1 is 1.62 bits per heavy atom. The molecule has 13 heavy (non-hydrogen) atoms. The molecule has 0 aliphatic carbocycles. The van der Waals surface area contributed by atoms with Gasteiger partial charge in [-0.1, -0.05) is 6.07 Å². The summed E-state index contributed by atoms with van der Waals surface area (Å²) in [5.41, 5.74) is 0.433. The molecule has 0 amide bonds. The molecule has 0 aromatic heterocycles. The fraction of sp³-hybridized carbons (Fsp3) is 0.300. The Morgan fingerprint density at radius 3 is 3.00 bits per heavy atom. The summed E-state index contributed by atoms with van der Waals surface area (Å²) in [6.07, 6.45) is 0. The minimum absolute atomic E-state index is 0.362. The molecule has 0 bridgehead atoms. The summed E-state index contributed by atoms with van der Waals surface area (Å²) in [5, 5.41) is 0. The van der Waals surface area contributed by atoms with E-state index in [2.05, 4.69) is 6.07 Å². The van der Waals surface area contributed by atoms with E-state index < -0.39 is 0 Å².